The lowest BCUT2D eigenvalue weighted by Crippen LogP contribution is -2.35. The Morgan fingerprint density at radius 3 is 2.73 bits per heavy atom. The molecule has 2 unspecified atom stereocenters. The van der Waals surface area contributed by atoms with E-state index < -0.39 is 18.3 Å². The Morgan fingerprint density at radius 1 is 1.09 bits per heavy atom. The molecule has 168 valence electrons. The smallest absolute Gasteiger partial charge is 0.363 e. The minimum atomic E-state index is -4.46. The van der Waals surface area contributed by atoms with E-state index in [2.05, 4.69) is 35.7 Å². The molecular weight excluding hydrogens is 435 g/mol. The molecule has 5 heterocycles. The van der Waals surface area contributed by atoms with E-state index in [4.69, 9.17) is 0 Å². The van der Waals surface area contributed by atoms with Crippen molar-refractivity contribution in [1.29, 1.82) is 0 Å². The number of benzene rings is 1. The molecule has 9 nitrogen and oxygen atoms in total. The number of alkyl halides is 3. The van der Waals surface area contributed by atoms with Gasteiger partial charge in [-0.15, -0.1) is 5.10 Å². The number of hydrogen-bond donors (Lipinski definition) is 2. The van der Waals surface area contributed by atoms with Crippen LogP contribution in [-0.2, 0) is 0 Å². The second-order valence-corrected chi connectivity index (χ2v) is 8.27. The summed E-state index contributed by atoms with van der Waals surface area (Å²) in [5, 5.41) is 19.2. The van der Waals surface area contributed by atoms with Crippen LogP contribution >= 0.6 is 0 Å². The Morgan fingerprint density at radius 2 is 1.94 bits per heavy atom. The average Bonchev–Trinajstić information content (AvgIpc) is 3.50. The van der Waals surface area contributed by atoms with Gasteiger partial charge in [0.1, 0.15) is 17.8 Å². The molecule has 6 rings (SSSR count). The van der Waals surface area contributed by atoms with Gasteiger partial charge in [-0.2, -0.15) is 23.4 Å². The van der Waals surface area contributed by atoms with Gasteiger partial charge < -0.3 is 5.32 Å². The molecule has 33 heavy (non-hydrogen) atoms. The second-order valence-electron chi connectivity index (χ2n) is 8.27. The molecule has 5 aromatic rings. The molecule has 0 saturated carbocycles. The van der Waals surface area contributed by atoms with Gasteiger partial charge in [0.25, 0.3) is 0 Å². The molecular formula is C21H18F3N9. The first-order chi connectivity index (χ1) is 15.8. The monoisotopic (exact) mass is 453 g/mol. The van der Waals surface area contributed by atoms with Gasteiger partial charge in [-0.25, -0.2) is 19.2 Å². The fourth-order valence-corrected chi connectivity index (χ4v) is 4.23. The van der Waals surface area contributed by atoms with E-state index in [-0.39, 0.29) is 23.8 Å². The molecule has 12 heteroatoms. The van der Waals surface area contributed by atoms with Crippen molar-refractivity contribution in [2.45, 2.75) is 38.5 Å². The first kappa shape index (κ1) is 19.7. The Bertz CT molecular complexity index is 1510. The van der Waals surface area contributed by atoms with Gasteiger partial charge in [0, 0.05) is 12.5 Å². The molecule has 0 fully saturated rings. The number of aromatic amines is 1. The molecule has 0 bridgehead atoms. The summed E-state index contributed by atoms with van der Waals surface area (Å²) < 4.78 is 44.5. The maximum Gasteiger partial charge on any atom is 0.410 e. The number of aromatic nitrogens is 8. The lowest BCUT2D eigenvalue weighted by molar-refractivity contribution is -0.173. The SMILES string of the molecule is Cc1ccc(C2CC(C(F)(F)F)n3nc(-c4nc5c6cn[nH]c6ncn5n4)cc3N2)cc1C. The summed E-state index contributed by atoms with van der Waals surface area (Å²) in [6.07, 6.45) is -1.59. The molecule has 0 amide bonds. The van der Waals surface area contributed by atoms with Gasteiger partial charge in [0.05, 0.1) is 17.6 Å². The summed E-state index contributed by atoms with van der Waals surface area (Å²) >= 11 is 0. The van der Waals surface area contributed by atoms with Crippen LogP contribution in [0.3, 0.4) is 0 Å². The highest BCUT2D eigenvalue weighted by atomic mass is 19.4. The largest absolute Gasteiger partial charge is 0.410 e. The summed E-state index contributed by atoms with van der Waals surface area (Å²) in [6.45, 7) is 3.92. The molecule has 4 aromatic heterocycles. The third kappa shape index (κ3) is 3.12. The summed E-state index contributed by atoms with van der Waals surface area (Å²) in [7, 11) is 0. The number of fused-ring (bicyclic) bond motifs is 4. The Balaban J connectivity index is 1.44. The molecule has 1 aliphatic rings. The van der Waals surface area contributed by atoms with Crippen LogP contribution in [0.5, 0.6) is 0 Å². The lowest BCUT2D eigenvalue weighted by atomic mass is 9.94. The normalized spacial score (nSPS) is 18.6. The molecule has 1 aromatic carbocycles. The van der Waals surface area contributed by atoms with Gasteiger partial charge in [0.2, 0.25) is 5.82 Å². The number of rotatable bonds is 2. The molecule has 0 spiro atoms. The van der Waals surface area contributed by atoms with Crippen molar-refractivity contribution >= 4 is 22.5 Å². The number of nitrogens with one attached hydrogen (secondary N) is 2. The topological polar surface area (TPSA) is 102 Å². The Hall–Kier alpha value is -3.96. The summed E-state index contributed by atoms with van der Waals surface area (Å²) in [4.78, 5) is 8.68. The maximum atomic E-state index is 14.0. The van der Waals surface area contributed by atoms with Crippen LogP contribution in [0.25, 0.3) is 28.2 Å². The Labute approximate surface area is 184 Å². The van der Waals surface area contributed by atoms with E-state index in [1.807, 2.05) is 32.0 Å². The zero-order valence-electron chi connectivity index (χ0n) is 17.6. The van der Waals surface area contributed by atoms with Crippen LogP contribution in [0.2, 0.25) is 0 Å². The third-order valence-corrected chi connectivity index (χ3v) is 6.14. The fourth-order valence-electron chi connectivity index (χ4n) is 4.23. The van der Waals surface area contributed by atoms with Crippen molar-refractivity contribution in [3.63, 3.8) is 0 Å². The van der Waals surface area contributed by atoms with Gasteiger partial charge in [-0.1, -0.05) is 18.2 Å². The van der Waals surface area contributed by atoms with Crippen molar-refractivity contribution in [2.24, 2.45) is 0 Å². The molecule has 1 aliphatic heterocycles. The van der Waals surface area contributed by atoms with Gasteiger partial charge >= 0.3 is 6.18 Å². The number of anilines is 1. The number of halogens is 3. The number of hydrogen-bond acceptors (Lipinski definition) is 6. The van der Waals surface area contributed by atoms with Crippen molar-refractivity contribution < 1.29 is 13.2 Å². The zero-order chi connectivity index (χ0) is 22.9. The standard InChI is InChI=1S/C21H18F3N9/c1-10-3-4-12(5-11(10)2)14-6-16(21(22,23)24)33-17(27-14)7-15(30-33)19-28-20-13-8-26-29-18(13)25-9-32(20)31-19/h3-5,7-9,14,16,27H,6H2,1-2H3,(H,26,29). The van der Waals surface area contributed by atoms with E-state index in [0.717, 1.165) is 21.4 Å². The summed E-state index contributed by atoms with van der Waals surface area (Å²) in [6, 6.07) is 5.01. The number of H-pyrrole nitrogens is 1. The molecule has 2 atom stereocenters. The average molecular weight is 453 g/mol. The van der Waals surface area contributed by atoms with E-state index in [0.29, 0.717) is 16.7 Å². The first-order valence-electron chi connectivity index (χ1n) is 10.3. The van der Waals surface area contributed by atoms with Crippen LogP contribution < -0.4 is 5.32 Å². The number of aryl methyl sites for hydroxylation is 2. The predicted octanol–water partition coefficient (Wildman–Crippen LogP) is 4.14. The van der Waals surface area contributed by atoms with E-state index in [9.17, 15) is 13.2 Å². The Kier molecular flexibility index (Phi) is 4.04. The molecule has 0 aliphatic carbocycles. The first-order valence-corrected chi connectivity index (χ1v) is 10.3. The van der Waals surface area contributed by atoms with Crippen molar-refractivity contribution in [3.05, 3.63) is 53.5 Å². The quantitative estimate of drug-likeness (QED) is 0.417. The summed E-state index contributed by atoms with van der Waals surface area (Å²) in [5.41, 5.74) is 4.20. The highest BCUT2D eigenvalue weighted by Gasteiger charge is 2.46. The van der Waals surface area contributed by atoms with E-state index in [1.54, 1.807) is 12.3 Å². The lowest BCUT2D eigenvalue weighted by Gasteiger charge is -2.33. The van der Waals surface area contributed by atoms with Crippen molar-refractivity contribution in [3.8, 4) is 11.5 Å². The number of nitrogens with zero attached hydrogens (tertiary/aromatic N) is 7. The van der Waals surface area contributed by atoms with Crippen LogP contribution in [0.4, 0.5) is 19.0 Å². The fraction of sp³-hybridized carbons (Fsp3) is 0.286. The van der Waals surface area contributed by atoms with Crippen LogP contribution in [-0.4, -0.2) is 45.7 Å². The van der Waals surface area contributed by atoms with Crippen molar-refractivity contribution in [1.82, 2.24) is 39.6 Å². The van der Waals surface area contributed by atoms with Gasteiger partial charge in [-0.3, -0.25) is 5.10 Å². The van der Waals surface area contributed by atoms with E-state index >= 15 is 0 Å². The van der Waals surface area contributed by atoms with Crippen molar-refractivity contribution in [2.75, 3.05) is 5.32 Å². The molecule has 0 radical (unpaired) electrons. The maximum absolute atomic E-state index is 14.0. The van der Waals surface area contributed by atoms with Crippen LogP contribution in [0.15, 0.2) is 36.8 Å². The van der Waals surface area contributed by atoms with Gasteiger partial charge in [-0.05, 0) is 30.5 Å². The minimum absolute atomic E-state index is 0.168. The highest BCUT2D eigenvalue weighted by Crippen LogP contribution is 2.44. The third-order valence-electron chi connectivity index (χ3n) is 6.14. The van der Waals surface area contributed by atoms with E-state index in [1.165, 1.54) is 10.8 Å². The highest BCUT2D eigenvalue weighted by molar-refractivity contribution is 5.88. The predicted molar refractivity (Wildman–Crippen MR) is 114 cm³/mol. The van der Waals surface area contributed by atoms with Gasteiger partial charge in [0.15, 0.2) is 17.3 Å². The minimum Gasteiger partial charge on any atom is -0.363 e. The second kappa shape index (κ2) is 6.77. The molecule has 2 N–H and O–H groups in total. The zero-order valence-corrected chi connectivity index (χ0v) is 17.6. The van der Waals surface area contributed by atoms with Crippen LogP contribution in [0.1, 0.15) is 35.2 Å². The molecule has 0 saturated heterocycles. The van der Waals surface area contributed by atoms with Crippen LogP contribution in [0, 0.1) is 13.8 Å². The summed E-state index contributed by atoms with van der Waals surface area (Å²) in [5.74, 6) is 0.477.